The van der Waals surface area contributed by atoms with E-state index in [2.05, 4.69) is 148 Å². The Hall–Kier alpha value is -13.0. The Labute approximate surface area is 757 Å². The number of carbonyl (C=O) groups is 4. The maximum atomic E-state index is 13.3. The number of nitrogens with two attached hydrogens (primary N) is 1. The zero-order chi connectivity index (χ0) is 90.4. The molecular formula is C89H89Br3ClF3N18O12. The first-order valence-electron chi connectivity index (χ1n) is 39.0. The van der Waals surface area contributed by atoms with Gasteiger partial charge in [-0.25, -0.2) is 32.3 Å². The topological polar surface area (TPSA) is 382 Å². The molecule has 30 nitrogen and oxygen atoms in total. The van der Waals surface area contributed by atoms with E-state index in [0.717, 1.165) is 70.5 Å². The number of terminal acetylenes is 1. The number of hydrogen-bond donors (Lipinski definition) is 4. The predicted octanol–water partition coefficient (Wildman–Crippen LogP) is 18.8. The van der Waals surface area contributed by atoms with Gasteiger partial charge >= 0.3 is 24.2 Å². The summed E-state index contributed by atoms with van der Waals surface area (Å²) in [4.78, 5) is 88.9. The number of carboxylic acids is 1. The molecule has 4 saturated heterocycles. The molecule has 4 atom stereocenters. The second kappa shape index (κ2) is 47.2. The maximum Gasteiger partial charge on any atom is 0.411 e. The highest BCUT2D eigenvalue weighted by Gasteiger charge is 2.40. The summed E-state index contributed by atoms with van der Waals surface area (Å²) in [7, 11) is 0. The van der Waals surface area contributed by atoms with Crippen molar-refractivity contribution in [3.05, 3.63) is 258 Å². The number of aromatic nitrogens is 11. The molecule has 12 heterocycles. The Morgan fingerprint density at radius 3 is 1.29 bits per heavy atom. The molecule has 0 spiro atoms. The number of hydrogen-bond acceptors (Lipinski definition) is 24. The van der Waals surface area contributed by atoms with Crippen LogP contribution in [0.4, 0.5) is 33.4 Å². The van der Waals surface area contributed by atoms with Crippen LogP contribution in [0.2, 0.25) is 0 Å². The fourth-order valence-electron chi connectivity index (χ4n) is 11.7. The third-order valence-corrected chi connectivity index (χ3v) is 18.8. The van der Waals surface area contributed by atoms with Gasteiger partial charge in [0.15, 0.2) is 5.84 Å². The van der Waals surface area contributed by atoms with E-state index in [1.165, 1.54) is 41.3 Å². The van der Waals surface area contributed by atoms with Gasteiger partial charge in [-0.1, -0.05) is 81.1 Å². The van der Waals surface area contributed by atoms with Crippen LogP contribution in [0, 0.1) is 60.0 Å². The second-order valence-corrected chi connectivity index (χ2v) is 33.3. The molecule has 126 heavy (non-hydrogen) atoms. The molecule has 4 aliphatic rings. The largest absolute Gasteiger partial charge is 0.480 e. The number of rotatable bonds is 8. The summed E-state index contributed by atoms with van der Waals surface area (Å²) in [5.41, 5.74) is 9.00. The smallest absolute Gasteiger partial charge is 0.411 e. The predicted molar refractivity (Wildman–Crippen MR) is 473 cm³/mol. The number of amides is 3. The monoisotopic (exact) mass is 1930 g/mol. The van der Waals surface area contributed by atoms with E-state index in [4.69, 9.17) is 56.8 Å². The summed E-state index contributed by atoms with van der Waals surface area (Å²) in [5.74, 6) is 15.2. The number of benzene rings is 3. The molecule has 8 aromatic heterocycles. The third kappa shape index (κ3) is 31.7. The molecule has 4 fully saturated rings. The number of nitrogens with zero attached hydrogens (tertiary/aromatic N) is 16. The summed E-state index contributed by atoms with van der Waals surface area (Å²) in [6, 6.07) is 34.8. The maximum absolute atomic E-state index is 13.3. The highest BCUT2D eigenvalue weighted by atomic mass is 79.9. The van der Waals surface area contributed by atoms with Gasteiger partial charge in [-0.05, 0) is 277 Å². The van der Waals surface area contributed by atoms with E-state index in [1.807, 2.05) is 53.7 Å². The molecule has 656 valence electrons. The summed E-state index contributed by atoms with van der Waals surface area (Å²) >= 11 is 9.76. The van der Waals surface area contributed by atoms with Crippen molar-refractivity contribution in [3.63, 3.8) is 0 Å². The van der Waals surface area contributed by atoms with Crippen molar-refractivity contribution in [1.82, 2.24) is 75.4 Å². The Kier molecular flexibility index (Phi) is 36.9. The Bertz CT molecular complexity index is 5700. The first-order valence-corrected chi connectivity index (χ1v) is 41.3. The van der Waals surface area contributed by atoms with Crippen molar-refractivity contribution in [3.8, 4) is 70.6 Å². The van der Waals surface area contributed by atoms with Crippen molar-refractivity contribution in [1.29, 1.82) is 0 Å². The van der Waals surface area contributed by atoms with Crippen LogP contribution in [-0.4, -0.2) is 159 Å². The molecular weight excluding hydrogens is 1850 g/mol. The van der Waals surface area contributed by atoms with Crippen LogP contribution in [0.5, 0.6) is 0 Å². The number of halogens is 7. The number of nitrogens with one attached hydrogen (secondary N) is 1. The van der Waals surface area contributed by atoms with Gasteiger partial charge in [-0.15, -0.1) is 23.8 Å². The van der Waals surface area contributed by atoms with Gasteiger partial charge in [0.2, 0.25) is 35.1 Å². The number of ether oxygens (including phenoxy) is 3. The molecule has 0 aliphatic carbocycles. The molecule has 0 radical (unpaired) electrons. The van der Waals surface area contributed by atoms with Crippen molar-refractivity contribution in [2.75, 3.05) is 26.2 Å². The molecule has 3 aromatic carbocycles. The van der Waals surface area contributed by atoms with E-state index in [0.29, 0.717) is 112 Å². The molecule has 0 unspecified atom stereocenters. The van der Waals surface area contributed by atoms with E-state index < -0.39 is 34.9 Å². The van der Waals surface area contributed by atoms with E-state index >= 15 is 0 Å². The molecule has 3 amide bonds. The lowest BCUT2D eigenvalue weighted by Crippen LogP contribution is -2.43. The summed E-state index contributed by atoms with van der Waals surface area (Å²) in [6.07, 6.45) is 18.4. The average Bonchev–Trinajstić information content (AvgIpc) is 1.68. The van der Waals surface area contributed by atoms with Gasteiger partial charge in [-0.3, -0.25) is 34.6 Å². The Morgan fingerprint density at radius 1 is 0.524 bits per heavy atom. The highest BCUT2D eigenvalue weighted by molar-refractivity contribution is 9.11. The zero-order valence-electron chi connectivity index (χ0n) is 69.8. The van der Waals surface area contributed by atoms with Crippen molar-refractivity contribution >= 4 is 96.1 Å². The SMILES string of the molecule is C#Cc1cccc(F)c1.CC(C)(C)OC(=O)N1CCC[C@H]1C(=O)O.CC(C)(C)OC(=O)N1CCC[C@H]1c1nc(-c2ccc(Br)cn2)no1.CC(C)(C)OC(=O)N1CCC[C@H]1c1nc(-c2ccc(C#Cc3cccc(F)c3)cn2)no1.Cl.Fc1cccc(C#Cc2ccc(-c3noc([C@@H]4CCCN4)n3)nc2)c1.N/C(=N\O)c1ccc(Br)cn1.[C-]#[N+]c1ccc(Br)cn1. The van der Waals surface area contributed by atoms with Crippen LogP contribution in [0.15, 0.2) is 197 Å². The van der Waals surface area contributed by atoms with Crippen LogP contribution >= 0.6 is 60.2 Å². The fourth-order valence-corrected chi connectivity index (χ4v) is 12.4. The molecule has 37 heteroatoms. The van der Waals surface area contributed by atoms with Gasteiger partial charge in [0.05, 0.1) is 10.5 Å². The number of likely N-dealkylation sites (tertiary alicyclic amines) is 3. The average molecular weight is 1930 g/mol. The summed E-state index contributed by atoms with van der Waals surface area (Å²) < 4.78 is 73.5. The zero-order valence-corrected chi connectivity index (χ0v) is 75.4. The highest BCUT2D eigenvalue weighted by Crippen LogP contribution is 2.36. The van der Waals surface area contributed by atoms with Crippen molar-refractivity contribution in [2.24, 2.45) is 10.9 Å². The molecule has 11 aromatic rings. The Morgan fingerprint density at radius 2 is 0.921 bits per heavy atom. The lowest BCUT2D eigenvalue weighted by Gasteiger charge is -2.27. The third-order valence-electron chi connectivity index (χ3n) is 17.4. The normalized spacial score (nSPS) is 15.5. The van der Waals surface area contributed by atoms with Gasteiger partial charge in [0, 0.05) is 81.2 Å². The number of oxime groups is 1. The number of amidine groups is 1. The standard InChI is InChI=1S/C24H23FN4O3.C19H15FN4O.C16H19BrN4O3.C10H17NO4.C8H5F.C6H6BrN3O.C6H3BrN2.ClH/c1-24(2,3)31-23(30)29-13-5-8-20(29)22-27-21(28-32-22)19-12-11-17(15-26-19)10-9-16-6-4-7-18(25)14-16;20-15-4-1-3-13(11-15)6-7-14-8-9-16(22-12-14)18-23-19(25-24-18)17-5-2-10-21-17;1-16(2,3)23-15(22)21-8-4-5-12(21)14-19-13(20-24-14)11-7-6-10(17)9-18-11;1-10(2,3)15-9(14)11-6-4-5-7(11)8(12)13;1-2-7-4-3-5-8(9)6-7;7-4-1-2-5(9-3-4)6(8)10-11;1-8-6-3-2-5(7)4-9-6;/h4,6-7,11-12,14-15,20H,5,8,13H2,1-3H3;1,3-4,8-9,11-12,17,21H,2,5,10H2;6-7,9,12H,4-5,8H2,1-3H3;7H,4-6H2,1-3H3,(H,12,13);1,3-6H;1-3,11H,(H2,8,10);2-4H;1H/t20-;17-;12-;7-;;;;/m0000..../s1. The fraction of sp³-hybridized carbons (Fsp3) is 0.315. The minimum Gasteiger partial charge on any atom is -0.480 e. The van der Waals surface area contributed by atoms with Crippen LogP contribution in [0.3, 0.4) is 0 Å². The molecule has 4 aliphatic heterocycles. The van der Waals surface area contributed by atoms with Gasteiger partial charge in [-0.2, -0.15) is 15.0 Å². The van der Waals surface area contributed by atoms with E-state index in [-0.39, 0.29) is 66.0 Å². The molecule has 0 bridgehead atoms. The molecule has 15 rings (SSSR count). The second-order valence-electron chi connectivity index (χ2n) is 30.5. The van der Waals surface area contributed by atoms with Crippen molar-refractivity contribution in [2.45, 2.75) is 155 Å². The number of carboxylic acid groups (broad SMARTS) is 1. The quantitative estimate of drug-likeness (QED) is 0.0209. The number of aliphatic carboxylic acids is 1. The van der Waals surface area contributed by atoms with Crippen LogP contribution in [-0.2, 0) is 19.0 Å². The minimum absolute atomic E-state index is 0. The summed E-state index contributed by atoms with van der Waals surface area (Å²) in [6.45, 7) is 25.5. The Balaban J connectivity index is 0.000000191. The lowest BCUT2D eigenvalue weighted by atomic mass is 10.2. The van der Waals surface area contributed by atoms with Crippen LogP contribution < -0.4 is 11.1 Å². The van der Waals surface area contributed by atoms with Gasteiger partial charge in [0.25, 0.3) is 5.82 Å². The molecule has 5 N–H and O–H groups in total. The number of carbonyl (C=O) groups excluding carboxylic acids is 3. The van der Waals surface area contributed by atoms with Gasteiger partial charge in [0.1, 0.15) is 81.4 Å². The van der Waals surface area contributed by atoms with E-state index in [9.17, 15) is 32.3 Å². The van der Waals surface area contributed by atoms with Crippen molar-refractivity contribution < 1.29 is 70.4 Å². The first-order chi connectivity index (χ1) is 59.6. The first kappa shape index (κ1) is 98.5. The molecule has 0 saturated carbocycles. The van der Waals surface area contributed by atoms with Crippen LogP contribution in [0.25, 0.3) is 39.4 Å². The lowest BCUT2D eigenvalue weighted by molar-refractivity contribution is -0.142. The number of pyridine rings is 5. The van der Waals surface area contributed by atoms with Crippen LogP contribution in [0.1, 0.15) is 183 Å². The van der Waals surface area contributed by atoms with E-state index in [1.54, 1.807) is 146 Å². The minimum atomic E-state index is -0.960. The van der Waals surface area contributed by atoms with Gasteiger partial charge < -0.3 is 54.0 Å². The summed E-state index contributed by atoms with van der Waals surface area (Å²) in [5, 5.41) is 35.3.